The van der Waals surface area contributed by atoms with Crippen molar-refractivity contribution < 1.29 is 14.5 Å². The minimum atomic E-state index is -1.12. The number of carbonyl (C=O) groups excluding carboxylic acids is 1. The third-order valence-electron chi connectivity index (χ3n) is 1.31. The van der Waals surface area contributed by atoms with Gasteiger partial charge in [0.15, 0.2) is 0 Å². The molecule has 14 heavy (non-hydrogen) atoms. The second-order valence-corrected chi connectivity index (χ2v) is 3.43. The van der Waals surface area contributed by atoms with Gasteiger partial charge >= 0.3 is 11.1 Å². The Labute approximate surface area is 91.9 Å². The predicted octanol–water partition coefficient (Wildman–Crippen LogP) is 3.09. The maximum Gasteiger partial charge on any atom is 0.409 e. The van der Waals surface area contributed by atoms with Gasteiger partial charge < -0.3 is 4.74 Å². The molecule has 0 unspecified atom stereocenters. The molecule has 7 heteroatoms. The first-order chi connectivity index (χ1) is 6.50. The van der Waals surface area contributed by atoms with Crippen molar-refractivity contribution >= 4 is 38.6 Å². The molecular weight excluding hydrogens is 277 g/mol. The molecule has 0 amide bonds. The minimum Gasteiger partial charge on any atom is -0.407 e. The summed E-state index contributed by atoms with van der Waals surface area (Å²) in [6.07, 6.45) is 0. The van der Waals surface area contributed by atoms with Crippen LogP contribution in [0.25, 0.3) is 0 Å². The van der Waals surface area contributed by atoms with E-state index in [-0.39, 0.29) is 11.4 Å². The highest BCUT2D eigenvalue weighted by atomic mass is 79.9. The third kappa shape index (κ3) is 2.68. The maximum atomic E-state index is 10.5. The van der Waals surface area contributed by atoms with Crippen LogP contribution in [0.4, 0.5) is 10.5 Å². The lowest BCUT2D eigenvalue weighted by molar-refractivity contribution is -0.385. The fraction of sp³-hybridized carbons (Fsp3) is 0. The Hall–Kier alpha value is -1.14. The van der Waals surface area contributed by atoms with Gasteiger partial charge in [0.1, 0.15) is 0 Å². The molecule has 1 aromatic rings. The summed E-state index contributed by atoms with van der Waals surface area (Å²) >= 11 is 7.99. The summed E-state index contributed by atoms with van der Waals surface area (Å²) in [5.74, 6) is -0.182. The van der Waals surface area contributed by atoms with Crippen molar-refractivity contribution in [2.45, 2.75) is 0 Å². The lowest BCUT2D eigenvalue weighted by Crippen LogP contribution is -2.00. The Bertz CT molecular complexity index is 395. The van der Waals surface area contributed by atoms with Crippen molar-refractivity contribution in [1.29, 1.82) is 0 Å². The highest BCUT2D eigenvalue weighted by Gasteiger charge is 2.17. The molecule has 0 saturated heterocycles. The Morgan fingerprint density at radius 2 is 2.21 bits per heavy atom. The number of carbonyl (C=O) groups is 1. The molecule has 0 aliphatic heterocycles. The average Bonchev–Trinajstić information content (AvgIpc) is 2.07. The van der Waals surface area contributed by atoms with Gasteiger partial charge in [-0.05, 0) is 12.1 Å². The number of ether oxygens (including phenoxy) is 1. The fourth-order valence-electron chi connectivity index (χ4n) is 0.806. The quantitative estimate of drug-likeness (QED) is 0.474. The van der Waals surface area contributed by atoms with Crippen LogP contribution < -0.4 is 4.74 Å². The van der Waals surface area contributed by atoms with E-state index in [0.29, 0.717) is 4.47 Å². The fourth-order valence-corrected chi connectivity index (χ4v) is 1.24. The molecule has 0 radical (unpaired) electrons. The van der Waals surface area contributed by atoms with Crippen LogP contribution in [0.3, 0.4) is 0 Å². The molecule has 1 rings (SSSR count). The summed E-state index contributed by atoms with van der Waals surface area (Å²) in [4.78, 5) is 20.2. The highest BCUT2D eigenvalue weighted by Crippen LogP contribution is 2.30. The second-order valence-electron chi connectivity index (χ2n) is 2.21. The largest absolute Gasteiger partial charge is 0.409 e. The van der Waals surface area contributed by atoms with Crippen molar-refractivity contribution in [2.24, 2.45) is 0 Å². The van der Waals surface area contributed by atoms with E-state index in [1.807, 2.05) is 0 Å². The van der Waals surface area contributed by atoms with Crippen molar-refractivity contribution in [3.05, 3.63) is 32.8 Å². The van der Waals surface area contributed by atoms with E-state index < -0.39 is 10.4 Å². The first kappa shape index (κ1) is 10.9. The topological polar surface area (TPSA) is 69.4 Å². The molecule has 0 heterocycles. The maximum absolute atomic E-state index is 10.5. The van der Waals surface area contributed by atoms with Crippen LogP contribution in [0.1, 0.15) is 0 Å². The lowest BCUT2D eigenvalue weighted by Gasteiger charge is -2.00. The van der Waals surface area contributed by atoms with Crippen LogP contribution in [0.5, 0.6) is 5.75 Å². The van der Waals surface area contributed by atoms with Gasteiger partial charge in [-0.1, -0.05) is 15.9 Å². The number of halogens is 2. The van der Waals surface area contributed by atoms with Gasteiger partial charge in [0.05, 0.1) is 4.92 Å². The van der Waals surface area contributed by atoms with Gasteiger partial charge in [0.25, 0.3) is 0 Å². The van der Waals surface area contributed by atoms with Crippen molar-refractivity contribution in [3.8, 4) is 5.75 Å². The van der Waals surface area contributed by atoms with E-state index in [2.05, 4.69) is 20.7 Å². The van der Waals surface area contributed by atoms with Crippen LogP contribution in [0.15, 0.2) is 22.7 Å². The predicted molar refractivity (Wildman–Crippen MR) is 52.7 cm³/mol. The third-order valence-corrected chi connectivity index (χ3v) is 1.88. The molecule has 0 aliphatic rings. The zero-order valence-corrected chi connectivity index (χ0v) is 8.91. The monoisotopic (exact) mass is 279 g/mol. The average molecular weight is 280 g/mol. The van der Waals surface area contributed by atoms with Crippen molar-refractivity contribution in [3.63, 3.8) is 0 Å². The SMILES string of the molecule is O=C(Cl)Oc1ccc(Br)cc1[N+](=O)[O-]. The number of benzene rings is 1. The minimum absolute atomic E-state index is 0.182. The number of nitrogens with zero attached hydrogens (tertiary/aromatic N) is 1. The molecule has 1 aromatic carbocycles. The van der Waals surface area contributed by atoms with Crippen LogP contribution >= 0.6 is 27.5 Å². The van der Waals surface area contributed by atoms with Crippen molar-refractivity contribution in [1.82, 2.24) is 0 Å². The molecule has 0 saturated carbocycles. The Morgan fingerprint density at radius 3 is 2.71 bits per heavy atom. The van der Waals surface area contributed by atoms with E-state index in [1.165, 1.54) is 18.2 Å². The first-order valence-corrected chi connectivity index (χ1v) is 4.49. The van der Waals surface area contributed by atoms with Gasteiger partial charge in [-0.15, -0.1) is 0 Å². The van der Waals surface area contributed by atoms with E-state index >= 15 is 0 Å². The number of hydrogen-bond acceptors (Lipinski definition) is 4. The van der Waals surface area contributed by atoms with Crippen LogP contribution in [-0.2, 0) is 0 Å². The van der Waals surface area contributed by atoms with E-state index in [0.717, 1.165) is 0 Å². The normalized spacial score (nSPS) is 9.57. The number of hydrogen-bond donors (Lipinski definition) is 0. The van der Waals surface area contributed by atoms with Gasteiger partial charge in [0.2, 0.25) is 5.75 Å². The van der Waals surface area contributed by atoms with Gasteiger partial charge in [-0.25, -0.2) is 4.79 Å². The number of rotatable bonds is 2. The van der Waals surface area contributed by atoms with Gasteiger partial charge in [-0.3, -0.25) is 10.1 Å². The molecule has 5 nitrogen and oxygen atoms in total. The molecular formula is C7H3BrClNO4. The van der Waals surface area contributed by atoms with Crippen LogP contribution in [0.2, 0.25) is 0 Å². The molecule has 0 fully saturated rings. The highest BCUT2D eigenvalue weighted by molar-refractivity contribution is 9.10. The second kappa shape index (κ2) is 4.39. The van der Waals surface area contributed by atoms with Crippen LogP contribution in [0, 0.1) is 10.1 Å². The summed E-state index contributed by atoms with van der Waals surface area (Å²) in [7, 11) is 0. The zero-order valence-electron chi connectivity index (χ0n) is 6.57. The smallest absolute Gasteiger partial charge is 0.407 e. The molecule has 74 valence electrons. The standard InChI is InChI=1S/C7H3BrClNO4/c8-4-1-2-6(14-7(9)11)5(3-4)10(12)13/h1-3H. The number of nitro groups is 1. The van der Waals surface area contributed by atoms with E-state index in [4.69, 9.17) is 11.6 Å². The molecule has 0 aliphatic carbocycles. The molecule has 0 bridgehead atoms. The molecule has 0 aromatic heterocycles. The summed E-state index contributed by atoms with van der Waals surface area (Å²) in [5, 5.41) is 10.5. The lowest BCUT2D eigenvalue weighted by atomic mass is 10.3. The van der Waals surface area contributed by atoms with E-state index in [1.54, 1.807) is 0 Å². The zero-order chi connectivity index (χ0) is 10.7. The Balaban J connectivity index is 3.14. The van der Waals surface area contributed by atoms with Gasteiger partial charge in [-0.2, -0.15) is 0 Å². The molecule has 0 spiro atoms. The molecule has 0 N–H and O–H groups in total. The summed E-state index contributed by atoms with van der Waals surface area (Å²) in [5.41, 5.74) is -1.44. The summed E-state index contributed by atoms with van der Waals surface area (Å²) in [6, 6.07) is 4.00. The molecule has 0 atom stereocenters. The van der Waals surface area contributed by atoms with E-state index in [9.17, 15) is 14.9 Å². The Morgan fingerprint density at radius 1 is 1.57 bits per heavy atom. The van der Waals surface area contributed by atoms with Gasteiger partial charge in [0, 0.05) is 22.1 Å². The van der Waals surface area contributed by atoms with Crippen molar-refractivity contribution in [2.75, 3.05) is 0 Å². The summed E-state index contributed by atoms with van der Waals surface area (Å²) in [6.45, 7) is 0. The van der Waals surface area contributed by atoms with Crippen LogP contribution in [-0.4, -0.2) is 10.4 Å². The Kier molecular flexibility index (Phi) is 3.43. The summed E-state index contributed by atoms with van der Waals surface area (Å²) < 4.78 is 4.94. The first-order valence-electron chi connectivity index (χ1n) is 3.32. The number of nitro benzene ring substituents is 1.